The van der Waals surface area contributed by atoms with Crippen LogP contribution in [0, 0.1) is 6.92 Å². The van der Waals surface area contributed by atoms with Gasteiger partial charge >= 0.3 is 0 Å². The van der Waals surface area contributed by atoms with Gasteiger partial charge in [0.2, 0.25) is 11.8 Å². The number of nitrogens with zero attached hydrogens (tertiary/aromatic N) is 3. The molecule has 0 saturated heterocycles. The minimum atomic E-state index is -0.230. The van der Waals surface area contributed by atoms with Crippen molar-refractivity contribution in [3.8, 4) is 16.3 Å². The molecule has 0 unspecified atom stereocenters. The molecule has 8 nitrogen and oxygen atoms in total. The van der Waals surface area contributed by atoms with Crippen molar-refractivity contribution in [3.05, 3.63) is 48.4 Å². The van der Waals surface area contributed by atoms with Crippen LogP contribution in [-0.4, -0.2) is 46.6 Å². The fourth-order valence-corrected chi connectivity index (χ4v) is 3.57. The minimum Gasteiger partial charge on any atom is -0.476 e. The highest BCUT2D eigenvalue weighted by Gasteiger charge is 2.11. The van der Waals surface area contributed by atoms with E-state index in [1.165, 1.54) is 0 Å². The van der Waals surface area contributed by atoms with Gasteiger partial charge in [0, 0.05) is 12.3 Å². The molecule has 2 aromatic heterocycles. The zero-order chi connectivity index (χ0) is 21.3. The summed E-state index contributed by atoms with van der Waals surface area (Å²) in [5.41, 5.74) is 1.12. The standard InChI is InChI=1S/C21H26N6O2S/c1-4-22-14(2)20(28)23-10-11-29-19-12-18(25-15(3)26-19)27-21-24-13-17(30-21)16-8-6-5-7-9-16/h5-9,12-14,22H,4,10-11H2,1-3H3,(H,23,28)(H,24,25,26,27)/t14-/m0/s1. The van der Waals surface area contributed by atoms with Gasteiger partial charge in [-0.3, -0.25) is 4.79 Å². The number of aryl methyl sites for hydroxylation is 1. The number of anilines is 2. The van der Waals surface area contributed by atoms with Crippen molar-refractivity contribution in [2.45, 2.75) is 26.8 Å². The topological polar surface area (TPSA) is 101 Å². The molecule has 0 fully saturated rings. The van der Waals surface area contributed by atoms with E-state index in [2.05, 4.69) is 43.0 Å². The van der Waals surface area contributed by atoms with E-state index in [9.17, 15) is 4.79 Å². The Bertz CT molecular complexity index is 963. The maximum atomic E-state index is 11.9. The Morgan fingerprint density at radius 2 is 2.03 bits per heavy atom. The molecule has 0 spiro atoms. The number of hydrogen-bond donors (Lipinski definition) is 3. The Kier molecular flexibility index (Phi) is 7.69. The molecule has 1 amide bonds. The van der Waals surface area contributed by atoms with Crippen molar-refractivity contribution in [2.24, 2.45) is 0 Å². The molecule has 0 radical (unpaired) electrons. The molecule has 3 N–H and O–H groups in total. The highest BCUT2D eigenvalue weighted by Crippen LogP contribution is 2.30. The number of aromatic nitrogens is 3. The molecule has 3 rings (SSSR count). The van der Waals surface area contributed by atoms with E-state index in [0.717, 1.165) is 22.1 Å². The van der Waals surface area contributed by atoms with Crippen molar-refractivity contribution in [1.82, 2.24) is 25.6 Å². The Hall–Kier alpha value is -3.04. The Morgan fingerprint density at radius 1 is 1.23 bits per heavy atom. The first-order chi connectivity index (χ1) is 14.5. The van der Waals surface area contributed by atoms with Gasteiger partial charge in [0.25, 0.3) is 0 Å². The maximum Gasteiger partial charge on any atom is 0.236 e. The predicted molar refractivity (Wildman–Crippen MR) is 119 cm³/mol. The van der Waals surface area contributed by atoms with E-state index in [4.69, 9.17) is 4.74 Å². The van der Waals surface area contributed by atoms with Crippen LogP contribution < -0.4 is 20.7 Å². The first-order valence-corrected chi connectivity index (χ1v) is 10.6. The molecule has 0 saturated carbocycles. The average Bonchev–Trinajstić information content (AvgIpc) is 3.20. The lowest BCUT2D eigenvalue weighted by atomic mass is 10.2. The van der Waals surface area contributed by atoms with E-state index >= 15 is 0 Å². The quantitative estimate of drug-likeness (QED) is 0.428. The number of ether oxygens (including phenoxy) is 1. The summed E-state index contributed by atoms with van der Waals surface area (Å²) in [6.45, 7) is 7.04. The maximum absolute atomic E-state index is 11.9. The number of benzene rings is 1. The van der Waals surface area contributed by atoms with Gasteiger partial charge in [0.1, 0.15) is 18.2 Å². The second kappa shape index (κ2) is 10.7. The monoisotopic (exact) mass is 426 g/mol. The normalized spacial score (nSPS) is 11.7. The molecular weight excluding hydrogens is 400 g/mol. The minimum absolute atomic E-state index is 0.0559. The first-order valence-electron chi connectivity index (χ1n) is 9.83. The molecule has 30 heavy (non-hydrogen) atoms. The van der Waals surface area contributed by atoms with Crippen molar-refractivity contribution in [2.75, 3.05) is 25.0 Å². The van der Waals surface area contributed by atoms with Crippen molar-refractivity contribution >= 4 is 28.2 Å². The molecule has 158 valence electrons. The molecule has 0 aliphatic carbocycles. The molecule has 0 aliphatic rings. The fraction of sp³-hybridized carbons (Fsp3) is 0.333. The first kappa shape index (κ1) is 21.7. The molecule has 9 heteroatoms. The summed E-state index contributed by atoms with van der Waals surface area (Å²) in [7, 11) is 0. The third-order valence-electron chi connectivity index (χ3n) is 4.17. The van der Waals surface area contributed by atoms with E-state index in [-0.39, 0.29) is 11.9 Å². The van der Waals surface area contributed by atoms with Crippen LogP contribution in [0.2, 0.25) is 0 Å². The van der Waals surface area contributed by atoms with Gasteiger partial charge in [-0.05, 0) is 26.0 Å². The largest absolute Gasteiger partial charge is 0.476 e. The van der Waals surface area contributed by atoms with E-state index in [0.29, 0.717) is 30.7 Å². The van der Waals surface area contributed by atoms with Crippen LogP contribution in [0.15, 0.2) is 42.6 Å². The van der Waals surface area contributed by atoms with Gasteiger partial charge in [0.15, 0.2) is 5.13 Å². The Labute approximate surface area is 180 Å². The molecule has 0 aliphatic heterocycles. The SMILES string of the molecule is CCN[C@@H](C)C(=O)NCCOc1cc(Nc2ncc(-c3ccccc3)s2)nc(C)n1. The molecule has 0 bridgehead atoms. The zero-order valence-electron chi connectivity index (χ0n) is 17.3. The molecular formula is C21H26N6O2S. The summed E-state index contributed by atoms with van der Waals surface area (Å²) in [5, 5.41) is 9.85. The number of amides is 1. The predicted octanol–water partition coefficient (Wildman–Crippen LogP) is 3.15. The average molecular weight is 427 g/mol. The van der Waals surface area contributed by atoms with Crippen LogP contribution in [0.5, 0.6) is 5.88 Å². The highest BCUT2D eigenvalue weighted by atomic mass is 32.1. The second-order valence-electron chi connectivity index (χ2n) is 6.58. The van der Waals surface area contributed by atoms with Gasteiger partial charge in [-0.2, -0.15) is 4.98 Å². The Morgan fingerprint density at radius 3 is 2.80 bits per heavy atom. The van der Waals surface area contributed by atoms with Gasteiger partial charge in [-0.1, -0.05) is 48.6 Å². The summed E-state index contributed by atoms with van der Waals surface area (Å²) in [5.74, 6) is 1.58. The summed E-state index contributed by atoms with van der Waals surface area (Å²) in [4.78, 5) is 26.1. The molecule has 2 heterocycles. The number of thiazole rings is 1. The molecule has 3 aromatic rings. The number of hydrogen-bond acceptors (Lipinski definition) is 8. The van der Waals surface area contributed by atoms with Crippen molar-refractivity contribution < 1.29 is 9.53 Å². The van der Waals surface area contributed by atoms with Gasteiger partial charge in [0.05, 0.1) is 17.5 Å². The number of likely N-dealkylation sites (N-methyl/N-ethyl adjacent to an activating group) is 1. The van der Waals surface area contributed by atoms with Crippen LogP contribution in [0.3, 0.4) is 0 Å². The van der Waals surface area contributed by atoms with Crippen LogP contribution >= 0.6 is 11.3 Å². The van der Waals surface area contributed by atoms with Crippen molar-refractivity contribution in [1.29, 1.82) is 0 Å². The van der Waals surface area contributed by atoms with Crippen molar-refractivity contribution in [3.63, 3.8) is 0 Å². The number of rotatable bonds is 10. The lowest BCUT2D eigenvalue weighted by Gasteiger charge is -2.13. The zero-order valence-corrected chi connectivity index (χ0v) is 18.1. The van der Waals surface area contributed by atoms with E-state index < -0.39 is 0 Å². The van der Waals surface area contributed by atoms with Crippen LogP contribution in [0.1, 0.15) is 19.7 Å². The number of nitrogens with one attached hydrogen (secondary N) is 3. The van der Waals surface area contributed by atoms with Gasteiger partial charge in [-0.15, -0.1) is 0 Å². The second-order valence-corrected chi connectivity index (χ2v) is 7.61. The summed E-state index contributed by atoms with van der Waals surface area (Å²) >= 11 is 1.55. The van der Waals surface area contributed by atoms with Gasteiger partial charge < -0.3 is 20.7 Å². The van der Waals surface area contributed by atoms with E-state index in [1.54, 1.807) is 24.3 Å². The highest BCUT2D eigenvalue weighted by molar-refractivity contribution is 7.18. The van der Waals surface area contributed by atoms with Crippen LogP contribution in [-0.2, 0) is 4.79 Å². The van der Waals surface area contributed by atoms with Crippen LogP contribution in [0.25, 0.3) is 10.4 Å². The number of carbonyl (C=O) groups excluding carboxylic acids is 1. The summed E-state index contributed by atoms with van der Waals surface area (Å²) in [6, 6.07) is 11.6. The lowest BCUT2D eigenvalue weighted by molar-refractivity contribution is -0.122. The summed E-state index contributed by atoms with van der Waals surface area (Å²) in [6.07, 6.45) is 1.84. The smallest absolute Gasteiger partial charge is 0.236 e. The number of carbonyl (C=O) groups is 1. The molecule has 1 aromatic carbocycles. The van der Waals surface area contributed by atoms with Crippen LogP contribution in [0.4, 0.5) is 10.9 Å². The lowest BCUT2D eigenvalue weighted by Crippen LogP contribution is -2.43. The molecule has 1 atom stereocenters. The Balaban J connectivity index is 1.55. The third kappa shape index (κ3) is 6.23. The van der Waals surface area contributed by atoms with Gasteiger partial charge in [-0.25, -0.2) is 9.97 Å². The summed E-state index contributed by atoms with van der Waals surface area (Å²) < 4.78 is 5.69. The fourth-order valence-electron chi connectivity index (χ4n) is 2.74. The third-order valence-corrected chi connectivity index (χ3v) is 5.13. The van der Waals surface area contributed by atoms with E-state index in [1.807, 2.05) is 38.2 Å².